The Labute approximate surface area is 95.5 Å². The van der Waals surface area contributed by atoms with Crippen molar-refractivity contribution in [3.8, 4) is 0 Å². The summed E-state index contributed by atoms with van der Waals surface area (Å²) in [7, 11) is 0. The van der Waals surface area contributed by atoms with Crippen LogP contribution in [0.15, 0.2) is 0 Å². The van der Waals surface area contributed by atoms with Crippen molar-refractivity contribution in [1.29, 1.82) is 0 Å². The van der Waals surface area contributed by atoms with Gasteiger partial charge in [-0.3, -0.25) is 4.79 Å². The maximum Gasteiger partial charge on any atom is 0.323 e. The van der Waals surface area contributed by atoms with Crippen LogP contribution in [-0.2, 0) is 4.79 Å². The summed E-state index contributed by atoms with van der Waals surface area (Å²) in [6, 6.07) is -0.291. The average Bonchev–Trinajstić information content (AvgIpc) is 2.26. The zero-order chi connectivity index (χ0) is 12.6. The van der Waals surface area contributed by atoms with Crippen molar-refractivity contribution in [2.24, 2.45) is 0 Å². The zero-order valence-electron chi connectivity index (χ0n) is 9.85. The lowest BCUT2D eigenvalue weighted by atomic mass is 10.4. The smallest absolute Gasteiger partial charge is 0.323 e. The first-order chi connectivity index (χ1) is 7.56. The second kappa shape index (κ2) is 7.92. The molecule has 0 unspecified atom stereocenters. The van der Waals surface area contributed by atoms with Crippen molar-refractivity contribution < 1.29 is 19.8 Å². The van der Waals surface area contributed by atoms with E-state index < -0.39 is 5.97 Å². The Bertz CT molecular complexity index is 233. The quantitative estimate of drug-likeness (QED) is 0.658. The molecule has 0 radical (unpaired) electrons. The molecule has 0 saturated carbocycles. The number of nitrogens with zero attached hydrogens (tertiary/aromatic N) is 2. The van der Waals surface area contributed by atoms with E-state index in [0.717, 1.165) is 0 Å². The minimum atomic E-state index is -1.02. The predicted molar refractivity (Wildman–Crippen MR) is 59.2 cm³/mol. The number of aliphatic carboxylic acids is 1. The Balaban J connectivity index is 4.37. The number of rotatable bonds is 7. The van der Waals surface area contributed by atoms with Crippen LogP contribution in [0.3, 0.4) is 0 Å². The predicted octanol–water partition coefficient (Wildman–Crippen LogP) is 0.217. The summed E-state index contributed by atoms with van der Waals surface area (Å²) >= 11 is 0. The van der Waals surface area contributed by atoms with E-state index in [0.29, 0.717) is 26.1 Å². The maximum atomic E-state index is 11.9. The van der Waals surface area contributed by atoms with E-state index in [-0.39, 0.29) is 19.2 Å². The van der Waals surface area contributed by atoms with Crippen LogP contribution in [0.5, 0.6) is 0 Å². The standard InChI is InChI=1S/C10H20N2O4/c1-3-11(6-5-7-13)10(16)12(4-2)8-9(14)15/h13H,3-8H2,1-2H3,(H,14,15). The first kappa shape index (κ1) is 14.7. The Morgan fingerprint density at radius 2 is 1.69 bits per heavy atom. The van der Waals surface area contributed by atoms with E-state index in [2.05, 4.69) is 0 Å². The first-order valence-corrected chi connectivity index (χ1v) is 5.43. The molecule has 16 heavy (non-hydrogen) atoms. The number of amides is 2. The summed E-state index contributed by atoms with van der Waals surface area (Å²) in [6.45, 7) is 4.61. The summed E-state index contributed by atoms with van der Waals surface area (Å²) in [5, 5.41) is 17.3. The van der Waals surface area contributed by atoms with Crippen LogP contribution in [0.1, 0.15) is 20.3 Å². The van der Waals surface area contributed by atoms with E-state index in [1.54, 1.807) is 6.92 Å². The van der Waals surface area contributed by atoms with Crippen molar-refractivity contribution in [3.05, 3.63) is 0 Å². The highest BCUT2D eigenvalue weighted by atomic mass is 16.4. The monoisotopic (exact) mass is 232 g/mol. The van der Waals surface area contributed by atoms with Crippen LogP contribution in [-0.4, -0.2) is 64.8 Å². The second-order valence-corrected chi connectivity index (χ2v) is 3.35. The van der Waals surface area contributed by atoms with Gasteiger partial charge in [-0.25, -0.2) is 4.79 Å². The van der Waals surface area contributed by atoms with Gasteiger partial charge in [0.2, 0.25) is 0 Å². The van der Waals surface area contributed by atoms with Crippen LogP contribution in [0.2, 0.25) is 0 Å². The number of likely N-dealkylation sites (N-methyl/N-ethyl adjacent to an activating group) is 1. The van der Waals surface area contributed by atoms with E-state index in [1.807, 2.05) is 6.92 Å². The van der Waals surface area contributed by atoms with E-state index >= 15 is 0 Å². The molecular formula is C10H20N2O4. The van der Waals surface area contributed by atoms with Gasteiger partial charge < -0.3 is 20.0 Å². The summed E-state index contributed by atoms with van der Waals surface area (Å²) in [4.78, 5) is 25.2. The van der Waals surface area contributed by atoms with Crippen LogP contribution in [0.25, 0.3) is 0 Å². The largest absolute Gasteiger partial charge is 0.480 e. The van der Waals surface area contributed by atoms with Crippen LogP contribution < -0.4 is 0 Å². The highest BCUT2D eigenvalue weighted by Gasteiger charge is 2.19. The SMILES string of the molecule is CCN(CCCO)C(=O)N(CC)CC(=O)O. The van der Waals surface area contributed by atoms with Crippen LogP contribution >= 0.6 is 0 Å². The van der Waals surface area contributed by atoms with Gasteiger partial charge in [-0.2, -0.15) is 0 Å². The molecule has 0 heterocycles. The van der Waals surface area contributed by atoms with Gasteiger partial charge in [-0.1, -0.05) is 0 Å². The molecule has 2 amide bonds. The Hall–Kier alpha value is -1.30. The number of aliphatic hydroxyl groups excluding tert-OH is 1. The number of carbonyl (C=O) groups is 2. The van der Waals surface area contributed by atoms with Gasteiger partial charge in [0.15, 0.2) is 0 Å². The van der Waals surface area contributed by atoms with Gasteiger partial charge in [-0.15, -0.1) is 0 Å². The lowest BCUT2D eigenvalue weighted by molar-refractivity contribution is -0.137. The third-order valence-corrected chi connectivity index (χ3v) is 2.22. The lowest BCUT2D eigenvalue weighted by Gasteiger charge is -2.27. The Kier molecular flexibility index (Phi) is 7.28. The third-order valence-electron chi connectivity index (χ3n) is 2.22. The highest BCUT2D eigenvalue weighted by Crippen LogP contribution is 2.00. The molecule has 0 aliphatic heterocycles. The summed E-state index contributed by atoms with van der Waals surface area (Å²) < 4.78 is 0. The van der Waals surface area contributed by atoms with Crippen molar-refractivity contribution in [2.75, 3.05) is 32.8 Å². The molecule has 0 bridgehead atoms. The average molecular weight is 232 g/mol. The number of urea groups is 1. The third kappa shape index (κ3) is 4.97. The van der Waals surface area contributed by atoms with Crippen molar-refractivity contribution >= 4 is 12.0 Å². The molecule has 0 aliphatic rings. The van der Waals surface area contributed by atoms with Crippen molar-refractivity contribution in [1.82, 2.24) is 9.80 Å². The molecule has 0 aromatic rings. The van der Waals surface area contributed by atoms with Gasteiger partial charge in [0.25, 0.3) is 0 Å². The van der Waals surface area contributed by atoms with E-state index in [9.17, 15) is 9.59 Å². The highest BCUT2D eigenvalue weighted by molar-refractivity contribution is 5.80. The Morgan fingerprint density at radius 3 is 2.06 bits per heavy atom. The number of carbonyl (C=O) groups excluding carboxylic acids is 1. The molecule has 0 aromatic heterocycles. The summed E-state index contributed by atoms with van der Waals surface area (Å²) in [5.41, 5.74) is 0. The second-order valence-electron chi connectivity index (χ2n) is 3.35. The normalized spacial score (nSPS) is 9.94. The molecule has 0 spiro atoms. The van der Waals surface area contributed by atoms with Gasteiger partial charge in [0.1, 0.15) is 6.54 Å². The summed E-state index contributed by atoms with van der Waals surface area (Å²) in [6.07, 6.45) is 0.504. The molecular weight excluding hydrogens is 212 g/mol. The number of hydrogen-bond acceptors (Lipinski definition) is 3. The molecule has 0 saturated heterocycles. The van der Waals surface area contributed by atoms with Crippen molar-refractivity contribution in [2.45, 2.75) is 20.3 Å². The molecule has 0 aromatic carbocycles. The molecule has 6 heteroatoms. The van der Waals surface area contributed by atoms with Crippen molar-refractivity contribution in [3.63, 3.8) is 0 Å². The Morgan fingerprint density at radius 1 is 1.12 bits per heavy atom. The minimum absolute atomic E-state index is 0.0227. The van der Waals surface area contributed by atoms with E-state index in [1.165, 1.54) is 9.80 Å². The number of carboxylic acid groups (broad SMARTS) is 1. The molecule has 2 N–H and O–H groups in total. The minimum Gasteiger partial charge on any atom is -0.480 e. The lowest BCUT2D eigenvalue weighted by Crippen LogP contribution is -2.45. The zero-order valence-corrected chi connectivity index (χ0v) is 9.85. The van der Waals surface area contributed by atoms with Gasteiger partial charge >= 0.3 is 12.0 Å². The summed E-state index contributed by atoms with van der Waals surface area (Å²) in [5.74, 6) is -1.02. The topological polar surface area (TPSA) is 81.1 Å². The molecule has 0 rings (SSSR count). The van der Waals surface area contributed by atoms with E-state index in [4.69, 9.17) is 10.2 Å². The molecule has 94 valence electrons. The molecule has 0 atom stereocenters. The first-order valence-electron chi connectivity index (χ1n) is 5.43. The van der Waals surface area contributed by atoms with Gasteiger partial charge in [0, 0.05) is 26.2 Å². The van der Waals surface area contributed by atoms with Gasteiger partial charge in [0.05, 0.1) is 0 Å². The number of aliphatic hydroxyl groups is 1. The van der Waals surface area contributed by atoms with Gasteiger partial charge in [-0.05, 0) is 20.3 Å². The number of carboxylic acids is 1. The number of hydrogen-bond donors (Lipinski definition) is 2. The van der Waals surface area contributed by atoms with Crippen LogP contribution in [0.4, 0.5) is 4.79 Å². The maximum absolute atomic E-state index is 11.9. The fourth-order valence-corrected chi connectivity index (χ4v) is 1.33. The fourth-order valence-electron chi connectivity index (χ4n) is 1.33. The molecule has 0 fully saturated rings. The fraction of sp³-hybridized carbons (Fsp3) is 0.800. The van der Waals surface area contributed by atoms with Crippen LogP contribution in [0, 0.1) is 0 Å². The molecule has 6 nitrogen and oxygen atoms in total. The molecule has 0 aliphatic carbocycles.